The molecule has 7 nitrogen and oxygen atoms in total. The molecule has 1 atom stereocenters. The van der Waals surface area contributed by atoms with Crippen LogP contribution < -0.4 is 10.2 Å². The highest BCUT2D eigenvalue weighted by Gasteiger charge is 2.25. The molecule has 0 spiro atoms. The zero-order chi connectivity index (χ0) is 18.8. The topological polar surface area (TPSA) is 84.2 Å². The summed E-state index contributed by atoms with van der Waals surface area (Å²) in [4.78, 5) is 28.8. The Kier molecular flexibility index (Phi) is 5.07. The van der Waals surface area contributed by atoms with Crippen molar-refractivity contribution in [1.82, 2.24) is 20.3 Å². The van der Waals surface area contributed by atoms with Gasteiger partial charge in [0.1, 0.15) is 0 Å². The first-order chi connectivity index (χ1) is 13.1. The highest BCUT2D eigenvalue weighted by Crippen LogP contribution is 2.27. The van der Waals surface area contributed by atoms with Crippen LogP contribution in [0, 0.1) is 19.8 Å². The fourth-order valence-electron chi connectivity index (χ4n) is 3.55. The molecule has 3 aromatic heterocycles. The SMILES string of the molecule is Cc1nc(C)c(CNC(=O)CC2CCCN(c3nc4ncccc4o3)C2)s1. The highest BCUT2D eigenvalue weighted by molar-refractivity contribution is 7.11. The molecule has 27 heavy (non-hydrogen) atoms. The largest absolute Gasteiger partial charge is 0.422 e. The van der Waals surface area contributed by atoms with Gasteiger partial charge in [-0.05, 0) is 44.7 Å². The zero-order valence-electron chi connectivity index (χ0n) is 15.6. The average molecular weight is 385 g/mol. The summed E-state index contributed by atoms with van der Waals surface area (Å²) in [6.45, 7) is 6.20. The van der Waals surface area contributed by atoms with Crippen molar-refractivity contribution >= 4 is 34.5 Å². The number of oxazole rings is 1. The Morgan fingerprint density at radius 3 is 3.07 bits per heavy atom. The van der Waals surface area contributed by atoms with E-state index in [1.54, 1.807) is 17.5 Å². The first-order valence-electron chi connectivity index (χ1n) is 9.24. The summed E-state index contributed by atoms with van der Waals surface area (Å²) >= 11 is 1.64. The van der Waals surface area contributed by atoms with Gasteiger partial charge < -0.3 is 14.6 Å². The second-order valence-electron chi connectivity index (χ2n) is 7.00. The van der Waals surface area contributed by atoms with Gasteiger partial charge in [0.05, 0.1) is 17.2 Å². The van der Waals surface area contributed by atoms with Crippen LogP contribution in [0.1, 0.15) is 34.8 Å². The highest BCUT2D eigenvalue weighted by atomic mass is 32.1. The minimum atomic E-state index is 0.0894. The van der Waals surface area contributed by atoms with E-state index < -0.39 is 0 Å². The van der Waals surface area contributed by atoms with Gasteiger partial charge in [-0.3, -0.25) is 4.79 Å². The van der Waals surface area contributed by atoms with Gasteiger partial charge in [-0.15, -0.1) is 11.3 Å². The van der Waals surface area contributed by atoms with Crippen molar-refractivity contribution in [1.29, 1.82) is 0 Å². The van der Waals surface area contributed by atoms with E-state index in [0.717, 1.165) is 41.5 Å². The molecule has 1 fully saturated rings. The molecule has 1 saturated heterocycles. The van der Waals surface area contributed by atoms with E-state index in [1.807, 2.05) is 26.0 Å². The van der Waals surface area contributed by atoms with E-state index in [1.165, 1.54) is 0 Å². The number of aromatic nitrogens is 3. The van der Waals surface area contributed by atoms with Crippen LogP contribution in [0.15, 0.2) is 22.7 Å². The van der Waals surface area contributed by atoms with Gasteiger partial charge in [0.25, 0.3) is 6.01 Å². The lowest BCUT2D eigenvalue weighted by Crippen LogP contribution is -2.38. The third-order valence-electron chi connectivity index (χ3n) is 4.86. The van der Waals surface area contributed by atoms with Gasteiger partial charge in [-0.25, -0.2) is 9.97 Å². The standard InChI is InChI=1S/C19H23N5O2S/c1-12-16(27-13(2)22-12)10-21-17(25)9-14-5-4-8-24(11-14)19-23-18-15(26-19)6-3-7-20-18/h3,6-7,14H,4-5,8-11H2,1-2H3,(H,21,25). The van der Waals surface area contributed by atoms with Crippen LogP contribution in [0.5, 0.6) is 0 Å². The Bertz CT molecular complexity index is 918. The van der Waals surface area contributed by atoms with Crippen LogP contribution in [0.25, 0.3) is 11.2 Å². The molecule has 4 heterocycles. The molecule has 0 bridgehead atoms. The van der Waals surface area contributed by atoms with Crippen LogP contribution in [0.4, 0.5) is 6.01 Å². The molecule has 0 aromatic carbocycles. The number of hydrogen-bond donors (Lipinski definition) is 1. The minimum absolute atomic E-state index is 0.0894. The first kappa shape index (κ1) is 17.9. The number of aryl methyl sites for hydroxylation is 2. The van der Waals surface area contributed by atoms with Gasteiger partial charge in [-0.1, -0.05) is 0 Å². The zero-order valence-corrected chi connectivity index (χ0v) is 16.4. The molecular formula is C19H23N5O2S. The lowest BCUT2D eigenvalue weighted by atomic mass is 9.94. The number of pyridine rings is 1. The third kappa shape index (κ3) is 4.10. The second-order valence-corrected chi connectivity index (χ2v) is 8.29. The lowest BCUT2D eigenvalue weighted by Gasteiger charge is -2.31. The van der Waals surface area contributed by atoms with Crippen molar-refractivity contribution in [3.8, 4) is 0 Å². The van der Waals surface area contributed by atoms with E-state index in [-0.39, 0.29) is 5.91 Å². The molecular weight excluding hydrogens is 362 g/mol. The van der Waals surface area contributed by atoms with Crippen LogP contribution in [0.3, 0.4) is 0 Å². The Hall–Kier alpha value is -2.48. The number of anilines is 1. The predicted octanol–water partition coefficient (Wildman–Crippen LogP) is 3.22. The number of carbonyl (C=O) groups is 1. The fraction of sp³-hybridized carbons (Fsp3) is 0.474. The molecule has 142 valence electrons. The third-order valence-corrected chi connectivity index (χ3v) is 5.94. The van der Waals surface area contributed by atoms with Gasteiger partial charge >= 0.3 is 0 Å². The molecule has 0 saturated carbocycles. The molecule has 3 aromatic rings. The molecule has 1 aliphatic heterocycles. The Balaban J connectivity index is 1.34. The van der Waals surface area contributed by atoms with Crippen LogP contribution in [0.2, 0.25) is 0 Å². The maximum absolute atomic E-state index is 12.4. The molecule has 4 rings (SSSR count). The summed E-state index contributed by atoms with van der Waals surface area (Å²) in [7, 11) is 0. The fourth-order valence-corrected chi connectivity index (χ4v) is 4.43. The number of carbonyl (C=O) groups excluding carboxylic acids is 1. The monoisotopic (exact) mass is 385 g/mol. The first-order valence-corrected chi connectivity index (χ1v) is 10.1. The Morgan fingerprint density at radius 1 is 1.41 bits per heavy atom. The van der Waals surface area contributed by atoms with E-state index in [4.69, 9.17) is 4.42 Å². The van der Waals surface area contributed by atoms with Gasteiger partial charge in [0.15, 0.2) is 5.58 Å². The maximum Gasteiger partial charge on any atom is 0.299 e. The molecule has 1 N–H and O–H groups in total. The molecule has 1 unspecified atom stereocenters. The average Bonchev–Trinajstić information content (AvgIpc) is 3.22. The van der Waals surface area contributed by atoms with Gasteiger partial charge in [-0.2, -0.15) is 4.98 Å². The minimum Gasteiger partial charge on any atom is -0.422 e. The normalized spacial score (nSPS) is 17.4. The summed E-state index contributed by atoms with van der Waals surface area (Å²) in [5, 5.41) is 4.08. The lowest BCUT2D eigenvalue weighted by molar-refractivity contribution is -0.122. The molecule has 8 heteroatoms. The molecule has 1 amide bonds. The van der Waals surface area contributed by atoms with Crippen molar-refractivity contribution in [2.45, 2.75) is 39.7 Å². The molecule has 0 radical (unpaired) electrons. The number of nitrogens with one attached hydrogen (secondary N) is 1. The second kappa shape index (κ2) is 7.64. The van der Waals surface area contributed by atoms with Crippen molar-refractivity contribution in [3.05, 3.63) is 33.9 Å². The van der Waals surface area contributed by atoms with Crippen LogP contribution in [-0.4, -0.2) is 33.9 Å². The number of amides is 1. The van der Waals surface area contributed by atoms with E-state index in [9.17, 15) is 4.79 Å². The Labute approximate surface area is 161 Å². The maximum atomic E-state index is 12.4. The van der Waals surface area contributed by atoms with Crippen molar-refractivity contribution in [2.75, 3.05) is 18.0 Å². The number of fused-ring (bicyclic) bond motifs is 1. The van der Waals surface area contributed by atoms with Crippen LogP contribution in [-0.2, 0) is 11.3 Å². The molecule has 1 aliphatic rings. The molecule has 0 aliphatic carbocycles. The summed E-state index contributed by atoms with van der Waals surface area (Å²) < 4.78 is 5.83. The van der Waals surface area contributed by atoms with Gasteiger partial charge in [0, 0.05) is 30.6 Å². The van der Waals surface area contributed by atoms with E-state index >= 15 is 0 Å². The summed E-state index contributed by atoms with van der Waals surface area (Å²) in [5.41, 5.74) is 2.33. The van der Waals surface area contributed by atoms with E-state index in [2.05, 4.69) is 25.2 Å². The number of thiazole rings is 1. The number of nitrogens with zero attached hydrogens (tertiary/aromatic N) is 4. The number of hydrogen-bond acceptors (Lipinski definition) is 7. The number of piperidine rings is 1. The number of rotatable bonds is 5. The van der Waals surface area contributed by atoms with Gasteiger partial charge in [0.2, 0.25) is 11.6 Å². The Morgan fingerprint density at radius 2 is 2.30 bits per heavy atom. The summed E-state index contributed by atoms with van der Waals surface area (Å²) in [5.74, 6) is 0.387. The van der Waals surface area contributed by atoms with E-state index in [0.29, 0.717) is 36.1 Å². The van der Waals surface area contributed by atoms with Crippen molar-refractivity contribution in [3.63, 3.8) is 0 Å². The summed E-state index contributed by atoms with van der Waals surface area (Å²) in [6.07, 6.45) is 4.30. The van der Waals surface area contributed by atoms with Crippen molar-refractivity contribution < 1.29 is 9.21 Å². The quantitative estimate of drug-likeness (QED) is 0.726. The summed E-state index contributed by atoms with van der Waals surface area (Å²) in [6, 6.07) is 4.31. The van der Waals surface area contributed by atoms with Crippen LogP contribution >= 0.6 is 11.3 Å². The smallest absolute Gasteiger partial charge is 0.299 e. The van der Waals surface area contributed by atoms with Crippen molar-refractivity contribution in [2.24, 2.45) is 5.92 Å². The predicted molar refractivity (Wildman–Crippen MR) is 105 cm³/mol.